The van der Waals surface area contributed by atoms with Crippen LogP contribution in [-0.4, -0.2) is 24.0 Å². The van der Waals surface area contributed by atoms with Crippen molar-refractivity contribution >= 4 is 11.8 Å². The second-order valence-corrected chi connectivity index (χ2v) is 6.55. The zero-order valence-corrected chi connectivity index (χ0v) is 14.9. The van der Waals surface area contributed by atoms with Crippen LogP contribution in [-0.2, 0) is 20.9 Å². The minimum absolute atomic E-state index is 0.0118. The highest BCUT2D eigenvalue weighted by Gasteiger charge is 2.31. The number of amides is 2. The number of carbonyl (C=O) groups excluding carboxylic acids is 2. The number of ether oxygens (including phenoxy) is 1. The number of nitrogens with one attached hydrogen (secondary N) is 2. The summed E-state index contributed by atoms with van der Waals surface area (Å²) in [6.07, 6.45) is 0.458. The molecule has 26 heavy (non-hydrogen) atoms. The fourth-order valence-electron chi connectivity index (χ4n) is 3.10. The summed E-state index contributed by atoms with van der Waals surface area (Å²) >= 11 is 0. The van der Waals surface area contributed by atoms with E-state index in [-0.39, 0.29) is 23.9 Å². The van der Waals surface area contributed by atoms with Crippen molar-refractivity contribution in [2.45, 2.75) is 44.6 Å². The lowest BCUT2D eigenvalue weighted by atomic mass is 9.92. The van der Waals surface area contributed by atoms with Crippen molar-refractivity contribution in [2.75, 3.05) is 0 Å². The van der Waals surface area contributed by atoms with E-state index in [4.69, 9.17) is 4.74 Å². The number of rotatable bonds is 6. The summed E-state index contributed by atoms with van der Waals surface area (Å²) in [5, 5.41) is 6.04. The fraction of sp³-hybridized carbons (Fsp3) is 0.333. The Labute approximate surface area is 153 Å². The van der Waals surface area contributed by atoms with Crippen LogP contribution in [0.3, 0.4) is 0 Å². The Hall–Kier alpha value is -2.66. The molecule has 0 aromatic heterocycles. The van der Waals surface area contributed by atoms with Crippen LogP contribution in [0.4, 0.5) is 0 Å². The van der Waals surface area contributed by atoms with Crippen molar-refractivity contribution in [1.29, 1.82) is 0 Å². The third kappa shape index (κ3) is 4.70. The van der Waals surface area contributed by atoms with E-state index in [2.05, 4.69) is 10.6 Å². The van der Waals surface area contributed by atoms with Gasteiger partial charge in [-0.05, 0) is 24.5 Å². The Balaban J connectivity index is 1.60. The Morgan fingerprint density at radius 2 is 1.81 bits per heavy atom. The smallest absolute Gasteiger partial charge is 0.249 e. The number of hydrogen-bond acceptors (Lipinski definition) is 3. The van der Waals surface area contributed by atoms with Crippen LogP contribution in [0.5, 0.6) is 0 Å². The largest absolute Gasteiger partial charge is 0.364 e. The molecule has 5 nitrogen and oxygen atoms in total. The van der Waals surface area contributed by atoms with E-state index in [1.165, 1.54) is 0 Å². The SMILES string of the molecule is C[C@H](OCc1ccccc1)C(=O)N[C@H]1CCC(=O)N[C@H]1c1ccccc1. The maximum atomic E-state index is 12.5. The van der Waals surface area contributed by atoms with Gasteiger partial charge in [0.1, 0.15) is 6.10 Å². The first-order chi connectivity index (χ1) is 12.6. The van der Waals surface area contributed by atoms with Crippen molar-refractivity contribution in [2.24, 2.45) is 0 Å². The number of hydrogen-bond donors (Lipinski definition) is 2. The summed E-state index contributed by atoms with van der Waals surface area (Å²) in [4.78, 5) is 24.4. The molecule has 0 saturated carbocycles. The highest BCUT2D eigenvalue weighted by Crippen LogP contribution is 2.24. The third-order valence-electron chi connectivity index (χ3n) is 4.60. The molecule has 0 aliphatic carbocycles. The number of carbonyl (C=O) groups is 2. The van der Waals surface area contributed by atoms with Crippen LogP contribution in [0.25, 0.3) is 0 Å². The highest BCUT2D eigenvalue weighted by atomic mass is 16.5. The molecule has 2 amide bonds. The van der Waals surface area contributed by atoms with Gasteiger partial charge in [-0.25, -0.2) is 0 Å². The summed E-state index contributed by atoms with van der Waals surface area (Å²) in [6.45, 7) is 2.14. The van der Waals surface area contributed by atoms with E-state index in [0.717, 1.165) is 11.1 Å². The Kier molecular flexibility index (Phi) is 6.02. The normalized spacial score (nSPS) is 20.9. The maximum absolute atomic E-state index is 12.5. The Morgan fingerprint density at radius 1 is 1.15 bits per heavy atom. The zero-order valence-electron chi connectivity index (χ0n) is 14.9. The van der Waals surface area contributed by atoms with Crippen molar-refractivity contribution < 1.29 is 14.3 Å². The molecule has 3 atom stereocenters. The van der Waals surface area contributed by atoms with Gasteiger partial charge in [-0.1, -0.05) is 60.7 Å². The quantitative estimate of drug-likeness (QED) is 0.840. The van der Waals surface area contributed by atoms with Crippen LogP contribution < -0.4 is 10.6 Å². The summed E-state index contributed by atoms with van der Waals surface area (Å²) in [6, 6.07) is 19.1. The third-order valence-corrected chi connectivity index (χ3v) is 4.60. The van der Waals surface area contributed by atoms with Gasteiger partial charge >= 0.3 is 0 Å². The topological polar surface area (TPSA) is 67.4 Å². The first-order valence-electron chi connectivity index (χ1n) is 8.93. The molecule has 1 fully saturated rings. The molecule has 1 saturated heterocycles. The van der Waals surface area contributed by atoms with E-state index < -0.39 is 6.10 Å². The van der Waals surface area contributed by atoms with Crippen LogP contribution in [0, 0.1) is 0 Å². The predicted molar refractivity (Wildman–Crippen MR) is 99.2 cm³/mol. The second-order valence-electron chi connectivity index (χ2n) is 6.55. The van der Waals surface area contributed by atoms with Crippen molar-refractivity contribution in [3.05, 3.63) is 71.8 Å². The molecule has 5 heteroatoms. The molecule has 136 valence electrons. The first kappa shape index (κ1) is 18.1. The molecule has 0 spiro atoms. The monoisotopic (exact) mass is 352 g/mol. The predicted octanol–water partition coefficient (Wildman–Crippen LogP) is 2.73. The standard InChI is InChI=1S/C21H24N2O3/c1-15(26-14-16-8-4-2-5-9-16)21(25)22-18-12-13-19(24)23-20(18)17-10-6-3-7-11-17/h2-11,15,18,20H,12-14H2,1H3,(H,22,25)(H,23,24)/t15-,18-,20-/m0/s1. The Morgan fingerprint density at radius 3 is 2.50 bits per heavy atom. The van der Waals surface area contributed by atoms with E-state index >= 15 is 0 Å². The average molecular weight is 352 g/mol. The Bertz CT molecular complexity index is 733. The lowest BCUT2D eigenvalue weighted by molar-refractivity contribution is -0.135. The molecular weight excluding hydrogens is 328 g/mol. The molecule has 1 aliphatic rings. The van der Waals surface area contributed by atoms with Gasteiger partial charge in [0.25, 0.3) is 0 Å². The molecule has 1 heterocycles. The van der Waals surface area contributed by atoms with Crippen molar-refractivity contribution in [3.8, 4) is 0 Å². The van der Waals surface area contributed by atoms with Gasteiger partial charge in [0.05, 0.1) is 18.7 Å². The van der Waals surface area contributed by atoms with Gasteiger partial charge in [0.15, 0.2) is 0 Å². The van der Waals surface area contributed by atoms with E-state index in [1.54, 1.807) is 6.92 Å². The minimum Gasteiger partial charge on any atom is -0.364 e. The highest BCUT2D eigenvalue weighted by molar-refractivity contribution is 5.82. The van der Waals surface area contributed by atoms with Gasteiger partial charge < -0.3 is 15.4 Å². The maximum Gasteiger partial charge on any atom is 0.249 e. The summed E-state index contributed by atoms with van der Waals surface area (Å²) in [7, 11) is 0. The van der Waals surface area contributed by atoms with Crippen LogP contribution in [0.2, 0.25) is 0 Å². The molecule has 2 N–H and O–H groups in total. The van der Waals surface area contributed by atoms with Crippen LogP contribution in [0.15, 0.2) is 60.7 Å². The second kappa shape index (κ2) is 8.63. The average Bonchev–Trinajstić information content (AvgIpc) is 2.69. The summed E-state index contributed by atoms with van der Waals surface area (Å²) in [5.41, 5.74) is 2.02. The van der Waals surface area contributed by atoms with Crippen molar-refractivity contribution in [1.82, 2.24) is 10.6 Å². The molecule has 2 aromatic carbocycles. The summed E-state index contributed by atoms with van der Waals surface area (Å²) in [5.74, 6) is -0.152. The summed E-state index contributed by atoms with van der Waals surface area (Å²) < 4.78 is 5.69. The van der Waals surface area contributed by atoms with Crippen molar-refractivity contribution in [3.63, 3.8) is 0 Å². The number of piperidine rings is 1. The molecule has 0 unspecified atom stereocenters. The van der Waals surface area contributed by atoms with Gasteiger partial charge in [-0.2, -0.15) is 0 Å². The van der Waals surface area contributed by atoms with E-state index in [1.807, 2.05) is 60.7 Å². The molecule has 2 aromatic rings. The van der Waals surface area contributed by atoms with Gasteiger partial charge in [-0.3, -0.25) is 9.59 Å². The zero-order chi connectivity index (χ0) is 18.4. The molecular formula is C21H24N2O3. The van der Waals surface area contributed by atoms with Gasteiger partial charge in [0.2, 0.25) is 11.8 Å². The molecule has 1 aliphatic heterocycles. The van der Waals surface area contributed by atoms with Gasteiger partial charge in [0, 0.05) is 6.42 Å². The lowest BCUT2D eigenvalue weighted by Gasteiger charge is -2.33. The van der Waals surface area contributed by atoms with Crippen LogP contribution in [0.1, 0.15) is 36.9 Å². The molecule has 0 radical (unpaired) electrons. The fourth-order valence-corrected chi connectivity index (χ4v) is 3.10. The van der Waals surface area contributed by atoms with E-state index in [9.17, 15) is 9.59 Å². The molecule has 0 bridgehead atoms. The molecule has 3 rings (SSSR count). The minimum atomic E-state index is -0.566. The lowest BCUT2D eigenvalue weighted by Crippen LogP contribution is -2.52. The van der Waals surface area contributed by atoms with Gasteiger partial charge in [-0.15, -0.1) is 0 Å². The first-order valence-corrected chi connectivity index (χ1v) is 8.93. The van der Waals surface area contributed by atoms with Crippen LogP contribution >= 0.6 is 0 Å². The number of benzene rings is 2. The van der Waals surface area contributed by atoms with E-state index in [0.29, 0.717) is 19.4 Å².